The number of thioether (sulfide) groups is 1. The van der Waals surface area contributed by atoms with Gasteiger partial charge in [0.25, 0.3) is 0 Å². The maximum Gasteiger partial charge on any atom is 0.233 e. The van der Waals surface area contributed by atoms with Crippen molar-refractivity contribution >= 4 is 28.4 Å². The number of carbonyl (C=O) groups is 1. The van der Waals surface area contributed by atoms with E-state index in [1.165, 1.54) is 16.3 Å². The molecule has 104 valence electrons. The first-order valence-electron chi connectivity index (χ1n) is 6.69. The SMILES string of the molecule is C=CCNC(=O)C(C)SCc1cccc2ccccc12. The molecule has 0 fully saturated rings. The van der Waals surface area contributed by atoms with Gasteiger partial charge in [-0.3, -0.25) is 4.79 Å². The van der Waals surface area contributed by atoms with Gasteiger partial charge in [-0.15, -0.1) is 18.3 Å². The zero-order valence-electron chi connectivity index (χ0n) is 11.6. The molecule has 1 unspecified atom stereocenters. The van der Waals surface area contributed by atoms with Crippen molar-refractivity contribution < 1.29 is 4.79 Å². The van der Waals surface area contributed by atoms with Crippen LogP contribution in [0, 0.1) is 0 Å². The summed E-state index contributed by atoms with van der Waals surface area (Å²) in [5.41, 5.74) is 1.27. The molecule has 0 saturated heterocycles. The lowest BCUT2D eigenvalue weighted by atomic mass is 10.1. The molecule has 2 aromatic rings. The van der Waals surface area contributed by atoms with E-state index in [4.69, 9.17) is 0 Å². The third-order valence-electron chi connectivity index (χ3n) is 3.16. The Morgan fingerprint density at radius 2 is 2.05 bits per heavy atom. The number of fused-ring (bicyclic) bond motifs is 1. The molecule has 0 aliphatic carbocycles. The van der Waals surface area contributed by atoms with E-state index in [0.717, 1.165) is 5.75 Å². The molecule has 1 amide bonds. The Bertz CT molecular complexity index is 603. The Morgan fingerprint density at radius 1 is 1.30 bits per heavy atom. The van der Waals surface area contributed by atoms with Crippen molar-refractivity contribution in [1.82, 2.24) is 5.32 Å². The first kappa shape index (κ1) is 14.7. The van der Waals surface area contributed by atoms with Gasteiger partial charge in [-0.25, -0.2) is 0 Å². The van der Waals surface area contributed by atoms with E-state index in [9.17, 15) is 4.79 Å². The first-order valence-corrected chi connectivity index (χ1v) is 7.74. The summed E-state index contributed by atoms with van der Waals surface area (Å²) < 4.78 is 0. The molecule has 20 heavy (non-hydrogen) atoms. The molecule has 1 N–H and O–H groups in total. The highest BCUT2D eigenvalue weighted by atomic mass is 32.2. The summed E-state index contributed by atoms with van der Waals surface area (Å²) in [6, 6.07) is 14.7. The Morgan fingerprint density at radius 3 is 2.85 bits per heavy atom. The largest absolute Gasteiger partial charge is 0.352 e. The van der Waals surface area contributed by atoms with Crippen molar-refractivity contribution in [3.8, 4) is 0 Å². The summed E-state index contributed by atoms with van der Waals surface area (Å²) >= 11 is 1.66. The van der Waals surface area contributed by atoms with Gasteiger partial charge in [0.15, 0.2) is 0 Å². The van der Waals surface area contributed by atoms with Gasteiger partial charge >= 0.3 is 0 Å². The van der Waals surface area contributed by atoms with Crippen molar-refractivity contribution in [1.29, 1.82) is 0 Å². The van der Waals surface area contributed by atoms with E-state index in [0.29, 0.717) is 6.54 Å². The molecule has 0 spiro atoms. The normalized spacial score (nSPS) is 12.1. The fourth-order valence-corrected chi connectivity index (χ4v) is 2.94. The van der Waals surface area contributed by atoms with Crippen molar-refractivity contribution in [3.63, 3.8) is 0 Å². The third-order valence-corrected chi connectivity index (χ3v) is 4.35. The van der Waals surface area contributed by atoms with Crippen molar-refractivity contribution in [2.75, 3.05) is 6.54 Å². The third kappa shape index (κ3) is 3.64. The maximum atomic E-state index is 11.8. The Kier molecular flexibility index (Phi) is 5.24. The Hall–Kier alpha value is -1.74. The maximum absolute atomic E-state index is 11.8. The van der Waals surface area contributed by atoms with E-state index in [2.05, 4.69) is 48.3 Å². The first-order chi connectivity index (χ1) is 9.72. The monoisotopic (exact) mass is 285 g/mol. The number of nitrogens with one attached hydrogen (secondary N) is 1. The van der Waals surface area contributed by atoms with E-state index in [-0.39, 0.29) is 11.2 Å². The number of rotatable bonds is 6. The lowest BCUT2D eigenvalue weighted by Crippen LogP contribution is -2.30. The van der Waals surface area contributed by atoms with Gasteiger partial charge in [-0.2, -0.15) is 0 Å². The standard InChI is InChI=1S/C17H19NOS/c1-3-11-18-17(19)13(2)20-12-15-9-6-8-14-7-4-5-10-16(14)15/h3-10,13H,1,11-12H2,2H3,(H,18,19). The molecule has 0 radical (unpaired) electrons. The summed E-state index contributed by atoms with van der Waals surface area (Å²) in [4.78, 5) is 11.8. The van der Waals surface area contributed by atoms with Gasteiger partial charge in [0.05, 0.1) is 5.25 Å². The van der Waals surface area contributed by atoms with E-state index >= 15 is 0 Å². The number of amides is 1. The van der Waals surface area contributed by atoms with E-state index in [1.54, 1.807) is 17.8 Å². The summed E-state index contributed by atoms with van der Waals surface area (Å²) in [5.74, 6) is 0.902. The topological polar surface area (TPSA) is 29.1 Å². The van der Waals surface area contributed by atoms with Crippen LogP contribution in [0.4, 0.5) is 0 Å². The van der Waals surface area contributed by atoms with Gasteiger partial charge in [0.2, 0.25) is 5.91 Å². The second kappa shape index (κ2) is 7.15. The van der Waals surface area contributed by atoms with Gasteiger partial charge in [0, 0.05) is 12.3 Å². The highest BCUT2D eigenvalue weighted by Crippen LogP contribution is 2.24. The van der Waals surface area contributed by atoms with E-state index < -0.39 is 0 Å². The molecule has 3 heteroatoms. The van der Waals surface area contributed by atoms with Gasteiger partial charge in [0.1, 0.15) is 0 Å². The minimum atomic E-state index is -0.0612. The molecule has 2 nitrogen and oxygen atoms in total. The lowest BCUT2D eigenvalue weighted by molar-refractivity contribution is -0.120. The van der Waals surface area contributed by atoms with Crippen LogP contribution in [0.15, 0.2) is 55.1 Å². The average molecular weight is 285 g/mol. The average Bonchev–Trinajstić information content (AvgIpc) is 2.50. The second-order valence-electron chi connectivity index (χ2n) is 4.63. The van der Waals surface area contributed by atoms with Crippen molar-refractivity contribution in [2.45, 2.75) is 17.9 Å². The molecule has 2 aromatic carbocycles. The second-order valence-corrected chi connectivity index (χ2v) is 5.95. The van der Waals surface area contributed by atoms with Gasteiger partial charge in [-0.05, 0) is 23.3 Å². The van der Waals surface area contributed by atoms with Crippen LogP contribution in [0.25, 0.3) is 10.8 Å². The number of benzene rings is 2. The number of hydrogen-bond donors (Lipinski definition) is 1. The van der Waals surface area contributed by atoms with Gasteiger partial charge < -0.3 is 5.32 Å². The zero-order chi connectivity index (χ0) is 14.4. The predicted molar refractivity (Wildman–Crippen MR) is 87.9 cm³/mol. The number of carbonyl (C=O) groups excluding carboxylic acids is 1. The molecule has 1 atom stereocenters. The van der Waals surface area contributed by atoms with Gasteiger partial charge in [-0.1, -0.05) is 48.5 Å². The van der Waals surface area contributed by atoms with Crippen LogP contribution in [-0.2, 0) is 10.5 Å². The lowest BCUT2D eigenvalue weighted by Gasteiger charge is -2.12. The molecule has 0 bridgehead atoms. The van der Waals surface area contributed by atoms with Crippen molar-refractivity contribution in [2.24, 2.45) is 0 Å². The zero-order valence-corrected chi connectivity index (χ0v) is 12.5. The predicted octanol–water partition coefficient (Wildman–Crippen LogP) is 3.76. The van der Waals surface area contributed by atoms with Crippen LogP contribution in [-0.4, -0.2) is 17.7 Å². The molecule has 0 saturated carbocycles. The van der Waals surface area contributed by atoms with Crippen molar-refractivity contribution in [3.05, 3.63) is 60.7 Å². The molecule has 0 aliphatic rings. The molecule has 0 aliphatic heterocycles. The summed E-state index contributed by atoms with van der Waals surface area (Å²) in [6.07, 6.45) is 1.69. The minimum Gasteiger partial charge on any atom is -0.352 e. The summed E-state index contributed by atoms with van der Waals surface area (Å²) in [7, 11) is 0. The Labute approximate surface area is 124 Å². The fraction of sp³-hybridized carbons (Fsp3) is 0.235. The summed E-state index contributed by atoms with van der Waals surface area (Å²) in [5, 5.41) is 5.28. The van der Waals surface area contributed by atoms with E-state index in [1.807, 2.05) is 13.0 Å². The number of hydrogen-bond acceptors (Lipinski definition) is 2. The fourth-order valence-electron chi connectivity index (χ4n) is 2.03. The van der Waals surface area contributed by atoms with Crippen LogP contribution in [0.5, 0.6) is 0 Å². The Balaban J connectivity index is 2.02. The minimum absolute atomic E-state index is 0.0612. The van der Waals surface area contributed by atoms with Crippen LogP contribution >= 0.6 is 11.8 Å². The molecule has 0 heterocycles. The van der Waals surface area contributed by atoms with Crippen LogP contribution in [0.2, 0.25) is 0 Å². The molecule has 0 aromatic heterocycles. The van der Waals surface area contributed by atoms with Crippen LogP contribution < -0.4 is 5.32 Å². The quantitative estimate of drug-likeness (QED) is 0.819. The highest BCUT2D eigenvalue weighted by molar-refractivity contribution is 7.99. The molecular weight excluding hydrogens is 266 g/mol. The smallest absolute Gasteiger partial charge is 0.233 e. The molecule has 2 rings (SSSR count). The van der Waals surface area contributed by atoms with Crippen LogP contribution in [0.1, 0.15) is 12.5 Å². The molecular formula is C17H19NOS. The van der Waals surface area contributed by atoms with Crippen LogP contribution in [0.3, 0.4) is 0 Å². The highest BCUT2D eigenvalue weighted by Gasteiger charge is 2.12. The summed E-state index contributed by atoms with van der Waals surface area (Å²) in [6.45, 7) is 6.06.